The molecule has 9 heteroatoms. The summed E-state index contributed by atoms with van der Waals surface area (Å²) in [6, 6.07) is 3.46. The topological polar surface area (TPSA) is 103 Å². The van der Waals surface area contributed by atoms with Gasteiger partial charge in [-0.3, -0.25) is 14.2 Å². The Bertz CT molecular complexity index is 990. The minimum Gasteiger partial charge on any atom is -0.467 e. The smallest absolute Gasteiger partial charge is 0.339 e. The number of hydrogen-bond acceptors (Lipinski definition) is 7. The van der Waals surface area contributed by atoms with Crippen LogP contribution in [0.25, 0.3) is 10.2 Å². The zero-order valence-electron chi connectivity index (χ0n) is 14.8. The molecule has 0 bridgehead atoms. The molecule has 0 saturated heterocycles. The van der Waals surface area contributed by atoms with Crippen LogP contribution in [0.2, 0.25) is 0 Å². The summed E-state index contributed by atoms with van der Waals surface area (Å²) >= 11 is 1.19. The predicted octanol–water partition coefficient (Wildman–Crippen LogP) is 2.32. The summed E-state index contributed by atoms with van der Waals surface area (Å²) in [5.74, 6) is -0.301. The fraction of sp³-hybridized carbons (Fsp3) is 0.333. The van der Waals surface area contributed by atoms with Gasteiger partial charge in [-0.25, -0.2) is 9.78 Å². The van der Waals surface area contributed by atoms with E-state index in [0.29, 0.717) is 17.2 Å². The second kappa shape index (κ2) is 8.63. The lowest BCUT2D eigenvalue weighted by Gasteiger charge is -2.07. The highest BCUT2D eigenvalue weighted by Crippen LogP contribution is 2.21. The van der Waals surface area contributed by atoms with E-state index >= 15 is 0 Å². The number of unbranched alkanes of at least 4 members (excludes halogenated alkanes) is 1. The molecule has 0 spiro atoms. The number of nitrogens with zero attached hydrogens (tertiary/aromatic N) is 2. The molecule has 0 unspecified atom stereocenters. The number of carbonyl (C=O) groups is 2. The van der Waals surface area contributed by atoms with E-state index in [-0.39, 0.29) is 29.9 Å². The maximum Gasteiger partial charge on any atom is 0.339 e. The van der Waals surface area contributed by atoms with Crippen molar-refractivity contribution in [2.24, 2.45) is 0 Å². The minimum atomic E-state index is -0.548. The third kappa shape index (κ3) is 4.43. The van der Waals surface area contributed by atoms with Crippen LogP contribution in [0.1, 0.15) is 35.9 Å². The minimum absolute atomic E-state index is 0.183. The fourth-order valence-corrected chi connectivity index (χ4v) is 3.29. The number of nitrogens with one attached hydrogen (secondary N) is 1. The number of fused-ring (bicyclic) bond motifs is 1. The number of esters is 1. The average Bonchev–Trinajstić information content (AvgIpc) is 3.32. The molecule has 0 atom stereocenters. The molecule has 0 aliphatic rings. The molecule has 142 valence electrons. The molecule has 0 aliphatic carbocycles. The Kier molecular flexibility index (Phi) is 6.02. The average molecular weight is 389 g/mol. The Morgan fingerprint density at radius 2 is 2.26 bits per heavy atom. The van der Waals surface area contributed by atoms with Crippen molar-refractivity contribution in [1.29, 1.82) is 0 Å². The molecule has 1 N–H and O–H groups in total. The lowest BCUT2D eigenvalue weighted by molar-refractivity contribution is -0.122. The number of rotatable bonds is 8. The van der Waals surface area contributed by atoms with Crippen molar-refractivity contribution >= 4 is 33.4 Å². The molecule has 0 fully saturated rings. The first-order valence-electron chi connectivity index (χ1n) is 8.53. The van der Waals surface area contributed by atoms with Gasteiger partial charge in [0.1, 0.15) is 17.1 Å². The number of amides is 1. The SMILES string of the molecule is CCCCOC(=O)c1csc2ncn(CC(=O)NCc3ccco3)c(=O)c12. The van der Waals surface area contributed by atoms with Crippen LogP contribution in [-0.2, 0) is 22.6 Å². The largest absolute Gasteiger partial charge is 0.467 e. The van der Waals surface area contributed by atoms with Crippen LogP contribution >= 0.6 is 11.3 Å². The summed E-state index contributed by atoms with van der Waals surface area (Å²) in [6.45, 7) is 2.32. The van der Waals surface area contributed by atoms with Crippen molar-refractivity contribution in [2.45, 2.75) is 32.9 Å². The maximum absolute atomic E-state index is 12.7. The second-order valence-corrected chi connectivity index (χ2v) is 6.71. The van der Waals surface area contributed by atoms with Crippen molar-refractivity contribution in [3.8, 4) is 0 Å². The van der Waals surface area contributed by atoms with Gasteiger partial charge in [0.25, 0.3) is 5.56 Å². The van der Waals surface area contributed by atoms with Gasteiger partial charge in [-0.05, 0) is 18.6 Å². The standard InChI is InChI=1S/C18H19N3O5S/c1-2-3-6-26-18(24)13-10-27-16-15(13)17(23)21(11-20-16)9-14(22)19-8-12-5-4-7-25-12/h4-5,7,10-11H,2-3,6,8-9H2,1H3,(H,19,22). The summed E-state index contributed by atoms with van der Waals surface area (Å²) in [4.78, 5) is 41.7. The quantitative estimate of drug-likeness (QED) is 0.468. The van der Waals surface area contributed by atoms with Crippen molar-refractivity contribution in [1.82, 2.24) is 14.9 Å². The molecule has 27 heavy (non-hydrogen) atoms. The van der Waals surface area contributed by atoms with E-state index < -0.39 is 11.5 Å². The summed E-state index contributed by atoms with van der Waals surface area (Å²) in [6.07, 6.45) is 4.48. The zero-order chi connectivity index (χ0) is 19.2. The van der Waals surface area contributed by atoms with Crippen LogP contribution in [-0.4, -0.2) is 28.0 Å². The molecule has 3 rings (SSSR count). The number of ether oxygens (including phenoxy) is 1. The maximum atomic E-state index is 12.7. The summed E-state index contributed by atoms with van der Waals surface area (Å²) < 4.78 is 11.5. The molecular weight excluding hydrogens is 370 g/mol. The molecule has 3 aromatic heterocycles. The van der Waals surface area contributed by atoms with Gasteiger partial charge >= 0.3 is 5.97 Å². The lowest BCUT2D eigenvalue weighted by Crippen LogP contribution is -2.32. The number of thiophene rings is 1. The Labute approximate surface area is 158 Å². The number of furan rings is 1. The zero-order valence-corrected chi connectivity index (χ0v) is 15.6. The molecule has 3 heterocycles. The van der Waals surface area contributed by atoms with Crippen LogP contribution < -0.4 is 10.9 Å². The van der Waals surface area contributed by atoms with Crippen molar-refractivity contribution in [3.05, 3.63) is 51.8 Å². The van der Waals surface area contributed by atoms with Gasteiger partial charge in [0.05, 0.1) is 36.7 Å². The third-order valence-electron chi connectivity index (χ3n) is 3.87. The number of carbonyl (C=O) groups excluding carboxylic acids is 2. The van der Waals surface area contributed by atoms with E-state index in [4.69, 9.17) is 9.15 Å². The fourth-order valence-electron chi connectivity index (χ4n) is 2.43. The predicted molar refractivity (Wildman–Crippen MR) is 99.6 cm³/mol. The van der Waals surface area contributed by atoms with E-state index in [0.717, 1.165) is 12.8 Å². The third-order valence-corrected chi connectivity index (χ3v) is 4.75. The van der Waals surface area contributed by atoms with Crippen molar-refractivity contribution in [3.63, 3.8) is 0 Å². The van der Waals surface area contributed by atoms with Gasteiger partial charge in [-0.2, -0.15) is 0 Å². The number of aromatic nitrogens is 2. The Balaban J connectivity index is 1.75. The normalized spacial score (nSPS) is 10.9. The molecule has 0 aromatic carbocycles. The molecule has 3 aromatic rings. The first-order chi connectivity index (χ1) is 13.1. The summed E-state index contributed by atoms with van der Waals surface area (Å²) in [7, 11) is 0. The first-order valence-corrected chi connectivity index (χ1v) is 9.41. The molecule has 8 nitrogen and oxygen atoms in total. The molecular formula is C18H19N3O5S. The van der Waals surface area contributed by atoms with Crippen LogP contribution in [0.15, 0.2) is 39.3 Å². The van der Waals surface area contributed by atoms with Gasteiger partial charge < -0.3 is 14.5 Å². The lowest BCUT2D eigenvalue weighted by atomic mass is 10.2. The van der Waals surface area contributed by atoms with Gasteiger partial charge in [0.2, 0.25) is 5.91 Å². The van der Waals surface area contributed by atoms with Gasteiger partial charge in [-0.1, -0.05) is 13.3 Å². The van der Waals surface area contributed by atoms with E-state index in [1.807, 2.05) is 6.92 Å². The van der Waals surface area contributed by atoms with Crippen LogP contribution in [0.4, 0.5) is 0 Å². The van der Waals surface area contributed by atoms with Crippen LogP contribution in [0, 0.1) is 0 Å². The monoisotopic (exact) mass is 389 g/mol. The second-order valence-electron chi connectivity index (χ2n) is 5.85. The molecule has 0 saturated carbocycles. The molecule has 1 amide bonds. The van der Waals surface area contributed by atoms with E-state index in [2.05, 4.69) is 10.3 Å². The Morgan fingerprint density at radius 3 is 3.00 bits per heavy atom. The summed E-state index contributed by atoms with van der Waals surface area (Å²) in [5.41, 5.74) is -0.259. The van der Waals surface area contributed by atoms with Gasteiger partial charge in [-0.15, -0.1) is 11.3 Å². The van der Waals surface area contributed by atoms with E-state index in [9.17, 15) is 14.4 Å². The Morgan fingerprint density at radius 1 is 1.41 bits per heavy atom. The highest BCUT2D eigenvalue weighted by molar-refractivity contribution is 7.17. The number of hydrogen-bond donors (Lipinski definition) is 1. The highest BCUT2D eigenvalue weighted by atomic mass is 32.1. The van der Waals surface area contributed by atoms with Crippen LogP contribution in [0.3, 0.4) is 0 Å². The first kappa shape index (κ1) is 18.8. The summed E-state index contributed by atoms with van der Waals surface area (Å²) in [5, 5.41) is 4.41. The van der Waals surface area contributed by atoms with Gasteiger partial charge in [0, 0.05) is 5.38 Å². The molecule has 0 aliphatic heterocycles. The van der Waals surface area contributed by atoms with Crippen LogP contribution in [0.5, 0.6) is 0 Å². The Hall–Kier alpha value is -2.94. The molecule has 0 radical (unpaired) electrons. The van der Waals surface area contributed by atoms with E-state index in [1.165, 1.54) is 28.5 Å². The van der Waals surface area contributed by atoms with Crippen molar-refractivity contribution < 1.29 is 18.7 Å². The highest BCUT2D eigenvalue weighted by Gasteiger charge is 2.19. The van der Waals surface area contributed by atoms with Gasteiger partial charge in [0.15, 0.2) is 0 Å². The van der Waals surface area contributed by atoms with E-state index in [1.54, 1.807) is 17.5 Å². The van der Waals surface area contributed by atoms with Crippen molar-refractivity contribution in [2.75, 3.05) is 6.61 Å².